The number of hydrogen-bond donors (Lipinski definition) is 1. The highest BCUT2D eigenvalue weighted by Gasteiger charge is 2.25. The van der Waals surface area contributed by atoms with Crippen LogP contribution < -0.4 is 5.32 Å². The van der Waals surface area contributed by atoms with Crippen LogP contribution in [0, 0.1) is 0 Å². The van der Waals surface area contributed by atoms with Gasteiger partial charge in [-0.05, 0) is 11.4 Å². The van der Waals surface area contributed by atoms with E-state index in [4.69, 9.17) is 0 Å². The SMILES string of the molecule is C1=C[C@@H]2N=C[C@@H](c3cccs3)N[C@H]2C=C1. The smallest absolute Gasteiger partial charge is 0.0869 e. The molecule has 76 valence electrons. The van der Waals surface area contributed by atoms with Crippen LogP contribution in [0.4, 0.5) is 0 Å². The van der Waals surface area contributed by atoms with Gasteiger partial charge in [0.2, 0.25) is 0 Å². The Balaban J connectivity index is 1.85. The molecule has 0 aromatic carbocycles. The van der Waals surface area contributed by atoms with Crippen LogP contribution in [-0.2, 0) is 0 Å². The van der Waals surface area contributed by atoms with E-state index in [0.717, 1.165) is 0 Å². The van der Waals surface area contributed by atoms with Gasteiger partial charge in [0.15, 0.2) is 0 Å². The molecule has 2 aliphatic rings. The van der Waals surface area contributed by atoms with E-state index in [-0.39, 0.29) is 12.1 Å². The molecular weight excluding hydrogens is 204 g/mol. The second kappa shape index (κ2) is 3.76. The summed E-state index contributed by atoms with van der Waals surface area (Å²) in [5, 5.41) is 5.69. The van der Waals surface area contributed by atoms with Crippen molar-refractivity contribution in [3.05, 3.63) is 46.7 Å². The predicted octanol–water partition coefficient (Wildman–Crippen LogP) is 2.33. The first-order valence-corrected chi connectivity index (χ1v) is 5.99. The van der Waals surface area contributed by atoms with Gasteiger partial charge in [-0.3, -0.25) is 10.3 Å². The second-order valence-corrected chi connectivity index (χ2v) is 4.72. The third-order valence-electron chi connectivity index (χ3n) is 2.73. The van der Waals surface area contributed by atoms with Crippen molar-refractivity contribution in [1.29, 1.82) is 0 Å². The number of hydrogen-bond acceptors (Lipinski definition) is 3. The zero-order chi connectivity index (χ0) is 10.1. The molecular formula is C12H12N2S. The Hall–Kier alpha value is -1.19. The third-order valence-corrected chi connectivity index (χ3v) is 3.69. The van der Waals surface area contributed by atoms with Crippen LogP contribution in [-0.4, -0.2) is 18.3 Å². The molecule has 0 radical (unpaired) electrons. The van der Waals surface area contributed by atoms with Gasteiger partial charge in [0.1, 0.15) is 0 Å². The minimum Gasteiger partial charge on any atom is -0.296 e. The molecule has 1 aromatic heterocycles. The minimum atomic E-state index is 0.280. The minimum absolute atomic E-state index is 0.280. The number of thiophene rings is 1. The van der Waals surface area contributed by atoms with Crippen LogP contribution in [0.1, 0.15) is 10.9 Å². The van der Waals surface area contributed by atoms with E-state index in [1.165, 1.54) is 4.88 Å². The van der Waals surface area contributed by atoms with Gasteiger partial charge in [0, 0.05) is 11.1 Å². The van der Waals surface area contributed by atoms with Gasteiger partial charge in [0.25, 0.3) is 0 Å². The van der Waals surface area contributed by atoms with Gasteiger partial charge in [-0.25, -0.2) is 0 Å². The first kappa shape index (κ1) is 9.07. The molecule has 3 rings (SSSR count). The molecule has 2 nitrogen and oxygen atoms in total. The van der Waals surface area contributed by atoms with Crippen LogP contribution in [0.15, 0.2) is 46.8 Å². The Labute approximate surface area is 93.0 Å². The molecule has 1 aliphatic heterocycles. The van der Waals surface area contributed by atoms with E-state index in [1.54, 1.807) is 11.3 Å². The average molecular weight is 216 g/mol. The van der Waals surface area contributed by atoms with E-state index in [1.807, 2.05) is 6.21 Å². The highest BCUT2D eigenvalue weighted by atomic mass is 32.1. The highest BCUT2D eigenvalue weighted by molar-refractivity contribution is 7.10. The van der Waals surface area contributed by atoms with Crippen LogP contribution in [0.3, 0.4) is 0 Å². The number of rotatable bonds is 1. The molecule has 0 bridgehead atoms. The summed E-state index contributed by atoms with van der Waals surface area (Å²) in [5.41, 5.74) is 0. The first-order valence-electron chi connectivity index (χ1n) is 5.11. The Bertz CT molecular complexity index is 417. The second-order valence-electron chi connectivity index (χ2n) is 3.74. The lowest BCUT2D eigenvalue weighted by atomic mass is 10.00. The summed E-state index contributed by atoms with van der Waals surface area (Å²) < 4.78 is 0. The zero-order valence-corrected chi connectivity index (χ0v) is 9.02. The standard InChI is InChI=1S/C12H12N2S/c1-2-5-10-9(4-1)13-8-11(14-10)12-6-3-7-15-12/h1-11,14H/t9-,10-,11-/m0/s1. The van der Waals surface area contributed by atoms with Crippen molar-refractivity contribution in [3.8, 4) is 0 Å². The molecule has 1 N–H and O–H groups in total. The summed E-state index contributed by atoms with van der Waals surface area (Å²) in [6.45, 7) is 0. The van der Waals surface area contributed by atoms with Gasteiger partial charge in [0.05, 0.1) is 18.1 Å². The molecule has 2 heterocycles. The Morgan fingerprint density at radius 2 is 2.20 bits per heavy atom. The van der Waals surface area contributed by atoms with Gasteiger partial charge >= 0.3 is 0 Å². The van der Waals surface area contributed by atoms with Crippen molar-refractivity contribution in [3.63, 3.8) is 0 Å². The van der Waals surface area contributed by atoms with Gasteiger partial charge in [-0.2, -0.15) is 0 Å². The van der Waals surface area contributed by atoms with E-state index < -0.39 is 0 Å². The number of fused-ring (bicyclic) bond motifs is 1. The van der Waals surface area contributed by atoms with Crippen LogP contribution in [0.2, 0.25) is 0 Å². The van der Waals surface area contributed by atoms with Gasteiger partial charge < -0.3 is 0 Å². The van der Waals surface area contributed by atoms with Crippen molar-refractivity contribution in [2.24, 2.45) is 4.99 Å². The molecule has 0 spiro atoms. The Kier molecular flexibility index (Phi) is 2.27. The zero-order valence-electron chi connectivity index (χ0n) is 8.21. The van der Waals surface area contributed by atoms with E-state index in [0.29, 0.717) is 6.04 Å². The summed E-state index contributed by atoms with van der Waals surface area (Å²) in [4.78, 5) is 5.90. The number of allylic oxidation sites excluding steroid dienone is 2. The molecule has 1 aliphatic carbocycles. The monoisotopic (exact) mass is 216 g/mol. The van der Waals surface area contributed by atoms with Crippen molar-refractivity contribution in [1.82, 2.24) is 5.32 Å². The quantitative estimate of drug-likeness (QED) is 0.765. The third kappa shape index (κ3) is 1.68. The summed E-state index contributed by atoms with van der Waals surface area (Å²) in [6, 6.07) is 5.15. The van der Waals surface area contributed by atoms with Crippen molar-refractivity contribution >= 4 is 17.6 Å². The number of nitrogens with one attached hydrogen (secondary N) is 1. The fourth-order valence-corrected chi connectivity index (χ4v) is 2.70. The Morgan fingerprint density at radius 3 is 3.07 bits per heavy atom. The summed E-state index contributed by atoms with van der Waals surface area (Å²) >= 11 is 1.77. The Morgan fingerprint density at radius 1 is 1.27 bits per heavy atom. The van der Waals surface area contributed by atoms with E-state index >= 15 is 0 Å². The van der Waals surface area contributed by atoms with Gasteiger partial charge in [-0.15, -0.1) is 11.3 Å². The van der Waals surface area contributed by atoms with Crippen LogP contribution in [0.5, 0.6) is 0 Å². The molecule has 3 heteroatoms. The molecule has 0 fully saturated rings. The van der Waals surface area contributed by atoms with E-state index in [2.05, 4.69) is 52.1 Å². The highest BCUT2D eigenvalue weighted by Crippen LogP contribution is 2.23. The molecule has 0 saturated heterocycles. The largest absolute Gasteiger partial charge is 0.296 e. The van der Waals surface area contributed by atoms with Gasteiger partial charge in [-0.1, -0.05) is 30.4 Å². The topological polar surface area (TPSA) is 24.4 Å². The molecule has 1 aromatic rings. The molecule has 3 atom stereocenters. The van der Waals surface area contributed by atoms with Crippen molar-refractivity contribution < 1.29 is 0 Å². The summed E-state index contributed by atoms with van der Waals surface area (Å²) in [5.74, 6) is 0. The van der Waals surface area contributed by atoms with Crippen LogP contribution in [0.25, 0.3) is 0 Å². The fourth-order valence-electron chi connectivity index (χ4n) is 1.95. The summed E-state index contributed by atoms with van der Waals surface area (Å²) in [7, 11) is 0. The lowest BCUT2D eigenvalue weighted by Gasteiger charge is -2.30. The molecule has 15 heavy (non-hydrogen) atoms. The predicted molar refractivity (Wildman–Crippen MR) is 64.5 cm³/mol. The maximum absolute atomic E-state index is 4.57. The molecule has 0 amide bonds. The first-order chi connectivity index (χ1) is 7.43. The lowest BCUT2D eigenvalue weighted by Crippen LogP contribution is -2.43. The number of nitrogens with zero attached hydrogens (tertiary/aromatic N) is 1. The normalized spacial score (nSPS) is 32.9. The van der Waals surface area contributed by atoms with Crippen molar-refractivity contribution in [2.75, 3.05) is 0 Å². The molecule has 0 saturated carbocycles. The van der Waals surface area contributed by atoms with E-state index in [9.17, 15) is 0 Å². The maximum atomic E-state index is 4.57. The van der Waals surface area contributed by atoms with Crippen LogP contribution >= 0.6 is 11.3 Å². The lowest BCUT2D eigenvalue weighted by molar-refractivity contribution is 0.502. The summed E-state index contributed by atoms with van der Waals surface area (Å²) in [6.07, 6.45) is 10.5. The van der Waals surface area contributed by atoms with Crippen molar-refractivity contribution in [2.45, 2.75) is 18.1 Å². The average Bonchev–Trinajstić information content (AvgIpc) is 2.82. The number of aliphatic imine (C=N–C) groups is 1. The maximum Gasteiger partial charge on any atom is 0.0869 e. The fraction of sp³-hybridized carbons (Fsp3) is 0.250. The molecule has 0 unspecified atom stereocenters.